The molecule has 2 nitrogen and oxygen atoms in total. The van der Waals surface area contributed by atoms with Crippen LogP contribution in [0.25, 0.3) is 0 Å². The van der Waals surface area contributed by atoms with Gasteiger partial charge >= 0.3 is 0 Å². The van der Waals surface area contributed by atoms with E-state index in [0.29, 0.717) is 17.1 Å². The zero-order chi connectivity index (χ0) is 13.1. The molecule has 1 amide bonds. The van der Waals surface area contributed by atoms with Crippen molar-refractivity contribution in [3.8, 4) is 0 Å². The van der Waals surface area contributed by atoms with Crippen LogP contribution in [0.5, 0.6) is 0 Å². The minimum atomic E-state index is -0.115. The molecule has 0 spiro atoms. The van der Waals surface area contributed by atoms with Crippen molar-refractivity contribution in [3.63, 3.8) is 0 Å². The van der Waals surface area contributed by atoms with E-state index >= 15 is 0 Å². The van der Waals surface area contributed by atoms with Crippen molar-refractivity contribution in [2.24, 2.45) is 0 Å². The molecule has 0 saturated heterocycles. The van der Waals surface area contributed by atoms with Gasteiger partial charge in [-0.15, -0.1) is 11.3 Å². The number of hydrogen-bond acceptors (Lipinski definition) is 2. The lowest BCUT2D eigenvalue weighted by Crippen LogP contribution is -2.22. The molecule has 5 heteroatoms. The predicted molar refractivity (Wildman–Crippen MR) is 79.4 cm³/mol. The molecule has 0 saturated carbocycles. The number of rotatable bonds is 3. The summed E-state index contributed by atoms with van der Waals surface area (Å²) in [5.41, 5.74) is 0.566. The number of amides is 1. The average Bonchev–Trinajstić information content (AvgIpc) is 2.75. The summed E-state index contributed by atoms with van der Waals surface area (Å²) >= 11 is 10.9. The number of benzene rings is 1. The summed E-state index contributed by atoms with van der Waals surface area (Å²) in [4.78, 5) is 14.3. The molecule has 0 unspecified atom stereocenters. The Bertz CT molecular complexity index is 582. The summed E-state index contributed by atoms with van der Waals surface area (Å²) in [7, 11) is 0. The fourth-order valence-electron chi connectivity index (χ4n) is 1.49. The van der Waals surface area contributed by atoms with Crippen LogP contribution >= 0.6 is 38.9 Å². The van der Waals surface area contributed by atoms with E-state index in [2.05, 4.69) is 21.2 Å². The molecule has 0 aliphatic rings. The van der Waals surface area contributed by atoms with Gasteiger partial charge in [0.1, 0.15) is 0 Å². The SMILES string of the molecule is Cc1ccc(CNC(=O)c2ccc(Br)c(Cl)c2)s1. The van der Waals surface area contributed by atoms with Gasteiger partial charge in [-0.1, -0.05) is 11.6 Å². The molecule has 94 valence electrons. The molecule has 1 aromatic carbocycles. The van der Waals surface area contributed by atoms with Crippen LogP contribution in [0.3, 0.4) is 0 Å². The maximum absolute atomic E-state index is 11.9. The monoisotopic (exact) mass is 343 g/mol. The first-order chi connectivity index (χ1) is 8.56. The highest BCUT2D eigenvalue weighted by Crippen LogP contribution is 2.23. The fraction of sp³-hybridized carbons (Fsp3) is 0.154. The minimum absolute atomic E-state index is 0.115. The first-order valence-corrected chi connectivity index (χ1v) is 7.33. The summed E-state index contributed by atoms with van der Waals surface area (Å²) in [6.45, 7) is 2.59. The number of aryl methyl sites for hydroxylation is 1. The van der Waals surface area contributed by atoms with E-state index in [-0.39, 0.29) is 5.91 Å². The van der Waals surface area contributed by atoms with Crippen molar-refractivity contribution in [1.82, 2.24) is 5.32 Å². The topological polar surface area (TPSA) is 29.1 Å². The van der Waals surface area contributed by atoms with Crippen LogP contribution in [0, 0.1) is 6.92 Å². The standard InChI is InChI=1S/C13H11BrClNOS/c1-8-2-4-10(18-8)7-16-13(17)9-3-5-11(14)12(15)6-9/h2-6H,7H2,1H3,(H,16,17). The Hall–Kier alpha value is -0.840. The summed E-state index contributed by atoms with van der Waals surface area (Å²) in [5.74, 6) is -0.115. The maximum Gasteiger partial charge on any atom is 0.251 e. The van der Waals surface area contributed by atoms with Crippen LogP contribution in [-0.4, -0.2) is 5.91 Å². The van der Waals surface area contributed by atoms with Crippen LogP contribution in [0.2, 0.25) is 5.02 Å². The first kappa shape index (κ1) is 13.6. The second kappa shape index (κ2) is 5.87. The highest BCUT2D eigenvalue weighted by atomic mass is 79.9. The van der Waals surface area contributed by atoms with Crippen molar-refractivity contribution in [1.29, 1.82) is 0 Å². The molecular formula is C13H11BrClNOS. The largest absolute Gasteiger partial charge is 0.347 e. The summed E-state index contributed by atoms with van der Waals surface area (Å²) in [5, 5.41) is 3.41. The zero-order valence-corrected chi connectivity index (χ0v) is 12.8. The second-order valence-corrected chi connectivity index (χ2v) is 6.46. The van der Waals surface area contributed by atoms with E-state index in [4.69, 9.17) is 11.6 Å². The van der Waals surface area contributed by atoms with E-state index in [1.807, 2.05) is 19.1 Å². The maximum atomic E-state index is 11.9. The number of hydrogen-bond donors (Lipinski definition) is 1. The molecule has 0 fully saturated rings. The van der Waals surface area contributed by atoms with Crippen LogP contribution < -0.4 is 5.32 Å². The fourth-order valence-corrected chi connectivity index (χ4v) is 2.74. The van der Waals surface area contributed by atoms with Gasteiger partial charge in [0.25, 0.3) is 5.91 Å². The predicted octanol–water partition coefficient (Wildman–Crippen LogP) is 4.40. The van der Waals surface area contributed by atoms with Crippen LogP contribution in [0.4, 0.5) is 0 Å². The molecule has 0 atom stereocenters. The zero-order valence-electron chi connectivity index (χ0n) is 9.67. The third-order valence-electron chi connectivity index (χ3n) is 2.40. The van der Waals surface area contributed by atoms with Crippen molar-refractivity contribution in [2.45, 2.75) is 13.5 Å². The van der Waals surface area contributed by atoms with Gasteiger partial charge in [0.2, 0.25) is 0 Å². The first-order valence-electron chi connectivity index (χ1n) is 5.35. The van der Waals surface area contributed by atoms with E-state index < -0.39 is 0 Å². The van der Waals surface area contributed by atoms with Gasteiger partial charge in [-0.05, 0) is 53.2 Å². The number of carbonyl (C=O) groups excluding carboxylic acids is 1. The van der Waals surface area contributed by atoms with Crippen molar-refractivity contribution < 1.29 is 4.79 Å². The third-order valence-corrected chi connectivity index (χ3v) is 4.63. The molecule has 18 heavy (non-hydrogen) atoms. The van der Waals surface area contributed by atoms with Gasteiger partial charge < -0.3 is 5.32 Å². The van der Waals surface area contributed by atoms with Gasteiger partial charge in [0.15, 0.2) is 0 Å². The molecule has 0 bridgehead atoms. The molecule has 0 aliphatic carbocycles. The molecule has 1 aromatic heterocycles. The van der Waals surface area contributed by atoms with Gasteiger partial charge in [-0.2, -0.15) is 0 Å². The lowest BCUT2D eigenvalue weighted by Gasteiger charge is -2.05. The van der Waals surface area contributed by atoms with Gasteiger partial charge in [0, 0.05) is 19.8 Å². The molecule has 2 aromatic rings. The number of carbonyl (C=O) groups is 1. The third kappa shape index (κ3) is 3.34. The quantitative estimate of drug-likeness (QED) is 0.878. The smallest absolute Gasteiger partial charge is 0.251 e. The Balaban J connectivity index is 2.01. The number of halogens is 2. The van der Waals surface area contributed by atoms with Crippen molar-refractivity contribution in [2.75, 3.05) is 0 Å². The van der Waals surface area contributed by atoms with Crippen LogP contribution in [0.15, 0.2) is 34.8 Å². The average molecular weight is 345 g/mol. The second-order valence-electron chi connectivity index (χ2n) is 3.82. The normalized spacial score (nSPS) is 10.4. The Kier molecular flexibility index (Phi) is 4.43. The molecule has 1 N–H and O–H groups in total. The minimum Gasteiger partial charge on any atom is -0.347 e. The summed E-state index contributed by atoms with van der Waals surface area (Å²) < 4.78 is 0.787. The molecule has 2 rings (SSSR count). The molecular weight excluding hydrogens is 334 g/mol. The van der Waals surface area contributed by atoms with Gasteiger partial charge in [-0.25, -0.2) is 0 Å². The number of thiophene rings is 1. The van der Waals surface area contributed by atoms with Crippen molar-refractivity contribution >= 4 is 44.8 Å². The number of nitrogens with one attached hydrogen (secondary N) is 1. The molecule has 0 radical (unpaired) electrons. The van der Waals surface area contributed by atoms with E-state index in [9.17, 15) is 4.79 Å². The van der Waals surface area contributed by atoms with E-state index in [1.165, 1.54) is 4.88 Å². The van der Waals surface area contributed by atoms with Crippen LogP contribution in [0.1, 0.15) is 20.1 Å². The summed E-state index contributed by atoms with van der Waals surface area (Å²) in [6, 6.07) is 9.23. The molecule has 0 aliphatic heterocycles. The van der Waals surface area contributed by atoms with Crippen LogP contribution in [-0.2, 0) is 6.54 Å². The highest BCUT2D eigenvalue weighted by Gasteiger charge is 2.08. The lowest BCUT2D eigenvalue weighted by atomic mass is 10.2. The Morgan fingerprint density at radius 1 is 1.39 bits per heavy atom. The lowest BCUT2D eigenvalue weighted by molar-refractivity contribution is 0.0951. The van der Waals surface area contributed by atoms with Gasteiger partial charge in [0.05, 0.1) is 11.6 Å². The Morgan fingerprint density at radius 2 is 2.17 bits per heavy atom. The van der Waals surface area contributed by atoms with E-state index in [0.717, 1.165) is 9.35 Å². The van der Waals surface area contributed by atoms with E-state index in [1.54, 1.807) is 29.5 Å². The van der Waals surface area contributed by atoms with Crippen molar-refractivity contribution in [3.05, 3.63) is 55.1 Å². The highest BCUT2D eigenvalue weighted by molar-refractivity contribution is 9.10. The summed E-state index contributed by atoms with van der Waals surface area (Å²) in [6.07, 6.45) is 0. The Labute approximate surface area is 123 Å². The molecule has 1 heterocycles. The van der Waals surface area contributed by atoms with Gasteiger partial charge in [-0.3, -0.25) is 4.79 Å². The Morgan fingerprint density at radius 3 is 2.78 bits per heavy atom.